The summed E-state index contributed by atoms with van der Waals surface area (Å²) in [5.41, 5.74) is 2.36. The van der Waals surface area contributed by atoms with Crippen LogP contribution in [-0.2, 0) is 4.79 Å². The molecule has 1 N–H and O–H groups in total. The van der Waals surface area contributed by atoms with Crippen molar-refractivity contribution in [2.45, 2.75) is 26.8 Å². The fraction of sp³-hybridized carbons (Fsp3) is 0.308. The first-order chi connectivity index (χ1) is 7.15. The fourth-order valence-corrected chi connectivity index (χ4v) is 1.56. The van der Waals surface area contributed by atoms with Crippen LogP contribution in [0.3, 0.4) is 0 Å². The Morgan fingerprint density at radius 3 is 2.67 bits per heavy atom. The summed E-state index contributed by atoms with van der Waals surface area (Å²) >= 11 is 0. The van der Waals surface area contributed by atoms with Gasteiger partial charge in [-0.05, 0) is 38.0 Å². The van der Waals surface area contributed by atoms with Gasteiger partial charge >= 0.3 is 0 Å². The maximum absolute atomic E-state index is 11.3. The number of allylic oxidation sites excluding steroid dienone is 1. The fourth-order valence-electron chi connectivity index (χ4n) is 1.56. The molecule has 0 radical (unpaired) electrons. The van der Waals surface area contributed by atoms with Crippen molar-refractivity contribution in [3.63, 3.8) is 0 Å². The maximum atomic E-state index is 11.3. The second kappa shape index (κ2) is 5.35. The number of amides is 1. The van der Waals surface area contributed by atoms with Gasteiger partial charge in [0.1, 0.15) is 0 Å². The maximum Gasteiger partial charge on any atom is 0.244 e. The molecule has 0 aliphatic carbocycles. The molecule has 0 heterocycles. The minimum Gasteiger partial charge on any atom is -0.346 e. The number of aryl methyl sites for hydroxylation is 1. The topological polar surface area (TPSA) is 29.1 Å². The smallest absolute Gasteiger partial charge is 0.244 e. The quantitative estimate of drug-likeness (QED) is 0.752. The van der Waals surface area contributed by atoms with E-state index in [0.717, 1.165) is 5.56 Å². The minimum atomic E-state index is -0.0479. The summed E-state index contributed by atoms with van der Waals surface area (Å²) < 4.78 is 0. The molecule has 0 bridgehead atoms. The molecule has 0 aliphatic rings. The summed E-state index contributed by atoms with van der Waals surface area (Å²) in [6.45, 7) is 5.87. The molecule has 1 rings (SSSR count). The summed E-state index contributed by atoms with van der Waals surface area (Å²) in [6.07, 6.45) is 3.27. The Balaban J connectivity index is 2.73. The zero-order chi connectivity index (χ0) is 11.3. The largest absolute Gasteiger partial charge is 0.346 e. The Labute approximate surface area is 91.0 Å². The van der Waals surface area contributed by atoms with E-state index in [0.29, 0.717) is 0 Å². The number of hydrogen-bond donors (Lipinski definition) is 1. The van der Waals surface area contributed by atoms with Crippen molar-refractivity contribution in [1.82, 2.24) is 5.32 Å². The Kier molecular flexibility index (Phi) is 4.10. The predicted molar refractivity (Wildman–Crippen MR) is 62.6 cm³/mol. The molecule has 15 heavy (non-hydrogen) atoms. The molecule has 1 aromatic rings. The monoisotopic (exact) mass is 203 g/mol. The lowest BCUT2D eigenvalue weighted by Crippen LogP contribution is -2.25. The first kappa shape index (κ1) is 11.5. The van der Waals surface area contributed by atoms with E-state index in [1.165, 1.54) is 11.6 Å². The van der Waals surface area contributed by atoms with Crippen molar-refractivity contribution in [3.8, 4) is 0 Å². The van der Waals surface area contributed by atoms with Gasteiger partial charge in [0.15, 0.2) is 0 Å². The molecule has 0 saturated heterocycles. The van der Waals surface area contributed by atoms with Gasteiger partial charge in [0.25, 0.3) is 0 Å². The van der Waals surface area contributed by atoms with Gasteiger partial charge in [-0.3, -0.25) is 4.79 Å². The van der Waals surface area contributed by atoms with E-state index in [1.807, 2.05) is 45.0 Å². The van der Waals surface area contributed by atoms with Crippen LogP contribution in [0.15, 0.2) is 36.4 Å². The number of nitrogens with one attached hydrogen (secondary N) is 1. The number of benzene rings is 1. The lowest BCUT2D eigenvalue weighted by atomic mass is 10.0. The van der Waals surface area contributed by atoms with Crippen LogP contribution in [0.5, 0.6) is 0 Å². The Morgan fingerprint density at radius 1 is 1.40 bits per heavy atom. The number of carbonyl (C=O) groups is 1. The normalized spacial score (nSPS) is 12.7. The summed E-state index contributed by atoms with van der Waals surface area (Å²) in [5.74, 6) is -0.0479. The molecule has 0 aromatic heterocycles. The number of rotatable bonds is 3. The van der Waals surface area contributed by atoms with Crippen molar-refractivity contribution in [1.29, 1.82) is 0 Å². The number of hydrogen-bond acceptors (Lipinski definition) is 1. The molecule has 2 heteroatoms. The van der Waals surface area contributed by atoms with Gasteiger partial charge in [-0.1, -0.05) is 30.3 Å². The first-order valence-corrected chi connectivity index (χ1v) is 5.14. The third kappa shape index (κ3) is 3.24. The van der Waals surface area contributed by atoms with E-state index in [4.69, 9.17) is 0 Å². The molecule has 0 saturated carbocycles. The Hall–Kier alpha value is -1.57. The van der Waals surface area contributed by atoms with Gasteiger partial charge < -0.3 is 5.32 Å². The van der Waals surface area contributed by atoms with Crippen molar-refractivity contribution >= 4 is 5.91 Å². The molecule has 1 aromatic carbocycles. The second-order valence-electron chi connectivity index (χ2n) is 3.59. The van der Waals surface area contributed by atoms with Crippen molar-refractivity contribution in [3.05, 3.63) is 47.5 Å². The van der Waals surface area contributed by atoms with Gasteiger partial charge in [-0.2, -0.15) is 0 Å². The molecule has 1 unspecified atom stereocenters. The van der Waals surface area contributed by atoms with Gasteiger partial charge in [0.05, 0.1) is 6.04 Å². The zero-order valence-corrected chi connectivity index (χ0v) is 9.45. The first-order valence-electron chi connectivity index (χ1n) is 5.14. The lowest BCUT2D eigenvalue weighted by molar-refractivity contribution is -0.117. The van der Waals surface area contributed by atoms with Crippen LogP contribution in [0.1, 0.15) is 31.0 Å². The Bertz CT molecular complexity index is 369. The van der Waals surface area contributed by atoms with Gasteiger partial charge in [0.2, 0.25) is 5.91 Å². The standard InChI is InChI=1S/C13H17NO/c1-4-7-13(15)14-11(3)12-9-6-5-8-10(12)2/h4-9,11H,1-3H3,(H,14,15)/b7-4+. The van der Waals surface area contributed by atoms with Crippen LogP contribution in [-0.4, -0.2) is 5.91 Å². The van der Waals surface area contributed by atoms with Crippen molar-refractivity contribution in [2.75, 3.05) is 0 Å². The molecule has 0 fully saturated rings. The summed E-state index contributed by atoms with van der Waals surface area (Å²) in [5, 5.41) is 2.91. The molecule has 0 aliphatic heterocycles. The SMILES string of the molecule is C/C=C/C(=O)NC(C)c1ccccc1C. The molecule has 80 valence electrons. The van der Waals surface area contributed by atoms with E-state index < -0.39 is 0 Å². The average Bonchev–Trinajstić information content (AvgIpc) is 2.18. The molecular formula is C13H17NO. The Morgan fingerprint density at radius 2 is 2.07 bits per heavy atom. The van der Waals surface area contributed by atoms with Crippen LogP contribution in [0, 0.1) is 6.92 Å². The molecule has 1 atom stereocenters. The van der Waals surface area contributed by atoms with Crippen LogP contribution < -0.4 is 5.32 Å². The highest BCUT2D eigenvalue weighted by molar-refractivity contribution is 5.87. The molecule has 2 nitrogen and oxygen atoms in total. The number of carbonyl (C=O) groups excluding carboxylic acids is 1. The summed E-state index contributed by atoms with van der Waals surface area (Å²) in [6, 6.07) is 8.12. The van der Waals surface area contributed by atoms with Gasteiger partial charge in [-0.25, -0.2) is 0 Å². The minimum absolute atomic E-state index is 0.0479. The van der Waals surface area contributed by atoms with E-state index in [9.17, 15) is 4.79 Å². The van der Waals surface area contributed by atoms with E-state index >= 15 is 0 Å². The summed E-state index contributed by atoms with van der Waals surface area (Å²) in [4.78, 5) is 11.3. The molecular weight excluding hydrogens is 186 g/mol. The van der Waals surface area contributed by atoms with Crippen LogP contribution in [0.25, 0.3) is 0 Å². The van der Waals surface area contributed by atoms with Crippen LogP contribution >= 0.6 is 0 Å². The lowest BCUT2D eigenvalue weighted by Gasteiger charge is -2.15. The average molecular weight is 203 g/mol. The van der Waals surface area contributed by atoms with E-state index in [1.54, 1.807) is 6.08 Å². The van der Waals surface area contributed by atoms with Gasteiger partial charge in [-0.15, -0.1) is 0 Å². The van der Waals surface area contributed by atoms with Crippen molar-refractivity contribution < 1.29 is 4.79 Å². The highest BCUT2D eigenvalue weighted by Crippen LogP contribution is 2.16. The molecule has 0 spiro atoms. The van der Waals surface area contributed by atoms with Gasteiger partial charge in [0, 0.05) is 0 Å². The van der Waals surface area contributed by atoms with E-state index in [2.05, 4.69) is 5.32 Å². The highest BCUT2D eigenvalue weighted by Gasteiger charge is 2.08. The zero-order valence-electron chi connectivity index (χ0n) is 9.45. The highest BCUT2D eigenvalue weighted by atomic mass is 16.1. The van der Waals surface area contributed by atoms with Crippen LogP contribution in [0.2, 0.25) is 0 Å². The summed E-state index contributed by atoms with van der Waals surface area (Å²) in [7, 11) is 0. The third-order valence-corrected chi connectivity index (χ3v) is 2.33. The third-order valence-electron chi connectivity index (χ3n) is 2.33. The second-order valence-corrected chi connectivity index (χ2v) is 3.59. The molecule has 1 amide bonds. The predicted octanol–water partition coefficient (Wildman–Crippen LogP) is 2.75. The van der Waals surface area contributed by atoms with E-state index in [-0.39, 0.29) is 11.9 Å². The van der Waals surface area contributed by atoms with Crippen LogP contribution in [0.4, 0.5) is 0 Å². The van der Waals surface area contributed by atoms with Crippen molar-refractivity contribution in [2.24, 2.45) is 0 Å².